The molecular weight excluding hydrogens is 374 g/mol. The van der Waals surface area contributed by atoms with Crippen LogP contribution in [0.2, 0.25) is 0 Å². The van der Waals surface area contributed by atoms with E-state index in [1.54, 1.807) is 24.5 Å². The van der Waals surface area contributed by atoms with Gasteiger partial charge in [-0.1, -0.05) is 11.8 Å². The Balaban J connectivity index is 1.63. The Bertz CT molecular complexity index is 963. The van der Waals surface area contributed by atoms with Gasteiger partial charge in [-0.2, -0.15) is 0 Å². The highest BCUT2D eigenvalue weighted by Gasteiger charge is 2.15. The molecule has 11 heteroatoms. The number of amides is 1. The molecule has 1 amide bonds. The molecule has 0 unspecified atom stereocenters. The van der Waals surface area contributed by atoms with Crippen molar-refractivity contribution in [3.63, 3.8) is 0 Å². The molecule has 0 bridgehead atoms. The van der Waals surface area contributed by atoms with Crippen LogP contribution < -0.4 is 10.1 Å². The molecule has 2 aromatic heterocycles. The highest BCUT2D eigenvalue weighted by molar-refractivity contribution is 7.99. The summed E-state index contributed by atoms with van der Waals surface area (Å²) in [5, 5.41) is 21.4. The molecule has 138 valence electrons. The van der Waals surface area contributed by atoms with Crippen LogP contribution >= 0.6 is 11.8 Å². The Morgan fingerprint density at radius 3 is 2.93 bits per heavy atom. The zero-order valence-corrected chi connectivity index (χ0v) is 14.8. The van der Waals surface area contributed by atoms with Crippen LogP contribution in [0.25, 0.3) is 11.5 Å². The lowest BCUT2D eigenvalue weighted by atomic mass is 10.2. The van der Waals surface area contributed by atoms with Crippen molar-refractivity contribution in [2.75, 3.05) is 18.2 Å². The molecule has 0 radical (unpaired) electrons. The average molecular weight is 387 g/mol. The van der Waals surface area contributed by atoms with E-state index in [2.05, 4.69) is 20.5 Å². The number of hydrogen-bond acceptors (Lipinski definition) is 9. The molecule has 3 aromatic rings. The van der Waals surface area contributed by atoms with E-state index < -0.39 is 10.8 Å². The Hall–Kier alpha value is -3.47. The van der Waals surface area contributed by atoms with Gasteiger partial charge in [-0.05, 0) is 18.2 Å². The highest BCUT2D eigenvalue weighted by atomic mass is 32.2. The van der Waals surface area contributed by atoms with E-state index >= 15 is 0 Å². The fraction of sp³-hybridized carbons (Fsp3) is 0.125. The number of aromatic nitrogens is 3. The van der Waals surface area contributed by atoms with Crippen molar-refractivity contribution in [3.8, 4) is 17.2 Å². The van der Waals surface area contributed by atoms with Gasteiger partial charge in [0.15, 0.2) is 0 Å². The maximum Gasteiger partial charge on any atom is 0.277 e. The number of benzene rings is 1. The van der Waals surface area contributed by atoms with E-state index in [1.807, 2.05) is 0 Å². The lowest BCUT2D eigenvalue weighted by Gasteiger charge is -2.09. The van der Waals surface area contributed by atoms with Crippen LogP contribution in [0.15, 0.2) is 52.4 Å². The van der Waals surface area contributed by atoms with Gasteiger partial charge >= 0.3 is 0 Å². The minimum Gasteiger partial charge on any atom is -0.495 e. The molecule has 0 saturated heterocycles. The SMILES string of the molecule is COc1ccc([N+](=O)[O-])cc1NC(=O)CSc1nnc(-c2cccnc2)o1. The Labute approximate surface area is 157 Å². The summed E-state index contributed by atoms with van der Waals surface area (Å²) in [5.74, 6) is 0.183. The molecule has 0 fully saturated rings. The third kappa shape index (κ3) is 4.58. The fourth-order valence-corrected chi connectivity index (χ4v) is 2.66. The van der Waals surface area contributed by atoms with Gasteiger partial charge in [0.1, 0.15) is 5.75 Å². The molecule has 0 spiro atoms. The first kappa shape index (κ1) is 18.3. The number of carbonyl (C=O) groups is 1. The van der Waals surface area contributed by atoms with Gasteiger partial charge in [0.2, 0.25) is 11.8 Å². The summed E-state index contributed by atoms with van der Waals surface area (Å²) in [6.07, 6.45) is 3.21. The second-order valence-corrected chi connectivity index (χ2v) is 6.02. The van der Waals surface area contributed by atoms with Crippen LogP contribution in [0.1, 0.15) is 0 Å². The second-order valence-electron chi connectivity index (χ2n) is 5.09. The number of methoxy groups -OCH3 is 1. The van der Waals surface area contributed by atoms with Gasteiger partial charge in [-0.3, -0.25) is 19.9 Å². The summed E-state index contributed by atoms with van der Waals surface area (Å²) in [4.78, 5) is 26.5. The van der Waals surface area contributed by atoms with Crippen molar-refractivity contribution in [2.45, 2.75) is 5.22 Å². The molecule has 1 aromatic carbocycles. The van der Waals surface area contributed by atoms with E-state index in [1.165, 1.54) is 25.3 Å². The molecule has 0 atom stereocenters. The molecule has 0 saturated carbocycles. The van der Waals surface area contributed by atoms with Crippen LogP contribution in [0.3, 0.4) is 0 Å². The largest absolute Gasteiger partial charge is 0.495 e. The first-order valence-electron chi connectivity index (χ1n) is 7.56. The molecule has 27 heavy (non-hydrogen) atoms. The first-order chi connectivity index (χ1) is 13.1. The maximum absolute atomic E-state index is 12.2. The van der Waals surface area contributed by atoms with Gasteiger partial charge in [0.25, 0.3) is 10.9 Å². The van der Waals surface area contributed by atoms with Crippen LogP contribution in [-0.2, 0) is 4.79 Å². The number of non-ortho nitro benzene ring substituents is 1. The van der Waals surface area contributed by atoms with Gasteiger partial charge in [0, 0.05) is 24.5 Å². The van der Waals surface area contributed by atoms with Crippen molar-refractivity contribution >= 4 is 29.0 Å². The van der Waals surface area contributed by atoms with Gasteiger partial charge in [0.05, 0.1) is 29.0 Å². The third-order valence-corrected chi connectivity index (χ3v) is 4.13. The summed E-state index contributed by atoms with van der Waals surface area (Å²) in [6, 6.07) is 7.46. The Morgan fingerprint density at radius 2 is 2.22 bits per heavy atom. The third-order valence-electron chi connectivity index (χ3n) is 3.31. The van der Waals surface area contributed by atoms with Crippen LogP contribution in [0.5, 0.6) is 5.75 Å². The molecule has 2 heterocycles. The lowest BCUT2D eigenvalue weighted by Crippen LogP contribution is -2.14. The van der Waals surface area contributed by atoms with E-state index in [0.717, 1.165) is 11.8 Å². The van der Waals surface area contributed by atoms with E-state index in [4.69, 9.17) is 9.15 Å². The lowest BCUT2D eigenvalue weighted by molar-refractivity contribution is -0.384. The number of ether oxygens (including phenoxy) is 1. The maximum atomic E-state index is 12.2. The van der Waals surface area contributed by atoms with Crippen LogP contribution in [0, 0.1) is 10.1 Å². The molecule has 1 N–H and O–H groups in total. The fourth-order valence-electron chi connectivity index (χ4n) is 2.09. The normalized spacial score (nSPS) is 10.4. The summed E-state index contributed by atoms with van der Waals surface area (Å²) in [5.41, 5.74) is 0.721. The number of rotatable bonds is 7. The number of hydrogen-bond donors (Lipinski definition) is 1. The van der Waals surface area contributed by atoms with Gasteiger partial charge in [-0.15, -0.1) is 10.2 Å². The summed E-state index contributed by atoms with van der Waals surface area (Å²) < 4.78 is 10.6. The number of thioether (sulfide) groups is 1. The molecular formula is C16H13N5O5S. The number of nitrogens with one attached hydrogen (secondary N) is 1. The number of nitrogens with zero attached hydrogens (tertiary/aromatic N) is 4. The summed E-state index contributed by atoms with van der Waals surface area (Å²) in [7, 11) is 1.41. The Kier molecular flexibility index (Phi) is 5.61. The number of nitro groups is 1. The zero-order valence-electron chi connectivity index (χ0n) is 14.0. The number of pyridine rings is 1. The van der Waals surface area contributed by atoms with Gasteiger partial charge < -0.3 is 14.5 Å². The monoisotopic (exact) mass is 387 g/mol. The molecule has 0 aliphatic carbocycles. The summed E-state index contributed by atoms with van der Waals surface area (Å²) >= 11 is 1.04. The number of anilines is 1. The Morgan fingerprint density at radius 1 is 1.37 bits per heavy atom. The topological polar surface area (TPSA) is 133 Å². The number of carbonyl (C=O) groups excluding carboxylic acids is 1. The minimum absolute atomic E-state index is 0.0273. The van der Waals surface area contributed by atoms with Crippen molar-refractivity contribution in [2.24, 2.45) is 0 Å². The zero-order chi connectivity index (χ0) is 19.2. The predicted molar refractivity (Wildman–Crippen MR) is 96.5 cm³/mol. The first-order valence-corrected chi connectivity index (χ1v) is 8.54. The number of nitro benzene ring substituents is 1. The minimum atomic E-state index is -0.553. The van der Waals surface area contributed by atoms with Crippen molar-refractivity contribution < 1.29 is 18.9 Å². The molecule has 0 aliphatic rings. The standard InChI is InChI=1S/C16H13N5O5S/c1-25-13-5-4-11(21(23)24)7-12(13)18-14(22)9-27-16-20-19-15(26-16)10-3-2-6-17-8-10/h2-8H,9H2,1H3,(H,18,22). The highest BCUT2D eigenvalue weighted by Crippen LogP contribution is 2.29. The van der Waals surface area contributed by atoms with Crippen molar-refractivity contribution in [1.82, 2.24) is 15.2 Å². The smallest absolute Gasteiger partial charge is 0.277 e. The molecule has 10 nitrogen and oxygen atoms in total. The second kappa shape index (κ2) is 8.27. The predicted octanol–water partition coefficient (Wildman–Crippen LogP) is 2.78. The van der Waals surface area contributed by atoms with E-state index in [0.29, 0.717) is 17.2 Å². The van der Waals surface area contributed by atoms with E-state index in [9.17, 15) is 14.9 Å². The summed E-state index contributed by atoms with van der Waals surface area (Å²) in [6.45, 7) is 0. The van der Waals surface area contributed by atoms with Crippen LogP contribution in [0.4, 0.5) is 11.4 Å². The average Bonchev–Trinajstić information content (AvgIpc) is 3.16. The van der Waals surface area contributed by atoms with Gasteiger partial charge in [-0.25, -0.2) is 0 Å². The van der Waals surface area contributed by atoms with Crippen molar-refractivity contribution in [1.29, 1.82) is 0 Å². The van der Waals surface area contributed by atoms with E-state index in [-0.39, 0.29) is 22.4 Å². The molecule has 3 rings (SSSR count). The molecule has 0 aliphatic heterocycles. The van der Waals surface area contributed by atoms with Crippen molar-refractivity contribution in [3.05, 3.63) is 52.8 Å². The van der Waals surface area contributed by atoms with Crippen LogP contribution in [-0.4, -0.2) is 38.9 Å². The quantitative estimate of drug-likeness (QED) is 0.369.